The Balaban J connectivity index is 2.10. The number of hydrogen-bond donors (Lipinski definition) is 2. The van der Waals surface area contributed by atoms with Gasteiger partial charge in [-0.25, -0.2) is 0 Å². The van der Waals surface area contributed by atoms with E-state index >= 15 is 0 Å². The van der Waals surface area contributed by atoms with Gasteiger partial charge in [-0.3, -0.25) is 0 Å². The van der Waals surface area contributed by atoms with E-state index in [0.717, 1.165) is 11.3 Å². The maximum absolute atomic E-state index is 9.41. The fraction of sp³-hybridized carbons (Fsp3) is 0.0714. The third-order valence-corrected chi connectivity index (χ3v) is 3.56. The van der Waals surface area contributed by atoms with Gasteiger partial charge in [0, 0.05) is 12.2 Å². The number of halogens is 2. The van der Waals surface area contributed by atoms with E-state index in [1.54, 1.807) is 18.2 Å². The Bertz CT molecular complexity index is 652. The molecule has 0 unspecified atom stereocenters. The molecule has 0 saturated carbocycles. The van der Waals surface area contributed by atoms with Crippen LogP contribution in [0.2, 0.25) is 5.02 Å². The number of rotatable bonds is 3. The van der Waals surface area contributed by atoms with Gasteiger partial charge < -0.3 is 10.4 Å². The molecule has 2 aromatic carbocycles. The maximum Gasteiger partial charge on any atom is 0.129 e. The van der Waals surface area contributed by atoms with Crippen molar-refractivity contribution in [2.24, 2.45) is 0 Å². The average Bonchev–Trinajstić information content (AvgIpc) is 2.41. The van der Waals surface area contributed by atoms with Crippen LogP contribution in [-0.2, 0) is 6.54 Å². The highest BCUT2D eigenvalue weighted by Crippen LogP contribution is 2.25. The van der Waals surface area contributed by atoms with Crippen LogP contribution < -0.4 is 5.32 Å². The summed E-state index contributed by atoms with van der Waals surface area (Å²) >= 11 is 9.13. The topological polar surface area (TPSA) is 56.0 Å². The molecule has 0 aliphatic heterocycles. The van der Waals surface area contributed by atoms with Gasteiger partial charge in [-0.1, -0.05) is 17.7 Å². The third kappa shape index (κ3) is 3.40. The summed E-state index contributed by atoms with van der Waals surface area (Å²) in [5.74, 6) is 0.210. The number of phenols is 1. The molecule has 96 valence electrons. The van der Waals surface area contributed by atoms with E-state index < -0.39 is 0 Å². The van der Waals surface area contributed by atoms with Crippen LogP contribution in [0.4, 0.5) is 5.69 Å². The zero-order valence-corrected chi connectivity index (χ0v) is 12.2. The lowest BCUT2D eigenvalue weighted by Crippen LogP contribution is -1.99. The van der Waals surface area contributed by atoms with Crippen LogP contribution in [0.1, 0.15) is 11.1 Å². The number of nitriles is 1. The zero-order valence-electron chi connectivity index (χ0n) is 9.82. The third-order valence-electron chi connectivity index (χ3n) is 2.60. The molecule has 0 heterocycles. The van der Waals surface area contributed by atoms with Crippen molar-refractivity contribution in [1.29, 1.82) is 5.26 Å². The van der Waals surface area contributed by atoms with E-state index in [2.05, 4.69) is 21.2 Å². The molecule has 3 nitrogen and oxygen atoms in total. The molecule has 2 rings (SSSR count). The molecule has 0 atom stereocenters. The van der Waals surface area contributed by atoms with Crippen molar-refractivity contribution in [3.8, 4) is 11.8 Å². The normalized spacial score (nSPS) is 9.95. The number of nitrogens with zero attached hydrogens (tertiary/aromatic N) is 1. The fourth-order valence-electron chi connectivity index (χ4n) is 1.59. The van der Waals surface area contributed by atoms with E-state index in [9.17, 15) is 5.11 Å². The molecule has 2 aromatic rings. The summed E-state index contributed by atoms with van der Waals surface area (Å²) in [6.45, 7) is 0.589. The van der Waals surface area contributed by atoms with Crippen LogP contribution in [-0.4, -0.2) is 5.11 Å². The van der Waals surface area contributed by atoms with Gasteiger partial charge in [-0.15, -0.1) is 0 Å². The highest BCUT2D eigenvalue weighted by molar-refractivity contribution is 9.10. The van der Waals surface area contributed by atoms with Gasteiger partial charge in [0.1, 0.15) is 11.8 Å². The minimum absolute atomic E-state index is 0.210. The molecule has 0 aliphatic carbocycles. The van der Waals surface area contributed by atoms with Crippen molar-refractivity contribution in [3.63, 3.8) is 0 Å². The van der Waals surface area contributed by atoms with E-state index in [4.69, 9.17) is 16.9 Å². The van der Waals surface area contributed by atoms with Crippen molar-refractivity contribution < 1.29 is 5.11 Å². The Kier molecular flexibility index (Phi) is 4.31. The lowest BCUT2D eigenvalue weighted by molar-refractivity contribution is 0.471. The largest absolute Gasteiger partial charge is 0.507 e. The van der Waals surface area contributed by atoms with Crippen molar-refractivity contribution in [2.75, 3.05) is 5.32 Å². The number of benzene rings is 2. The number of nitrogens with one attached hydrogen (secondary N) is 1. The number of hydrogen-bond acceptors (Lipinski definition) is 3. The standard InChI is InChI=1S/C14H10BrClN2O/c15-12-5-9(1-4-14(12)19)8-18-11-2-3-13(16)10(6-11)7-17/h1-6,18-19H,8H2. The minimum atomic E-state index is 0.210. The van der Waals surface area contributed by atoms with Crippen molar-refractivity contribution in [1.82, 2.24) is 0 Å². The van der Waals surface area contributed by atoms with Crippen molar-refractivity contribution >= 4 is 33.2 Å². The maximum atomic E-state index is 9.41. The van der Waals surface area contributed by atoms with Gasteiger partial charge in [0.15, 0.2) is 0 Å². The first-order valence-corrected chi connectivity index (χ1v) is 6.68. The first-order valence-electron chi connectivity index (χ1n) is 5.51. The molecule has 5 heteroatoms. The Morgan fingerprint density at radius 1 is 1.26 bits per heavy atom. The quantitative estimate of drug-likeness (QED) is 0.878. The van der Waals surface area contributed by atoms with Gasteiger partial charge in [-0.2, -0.15) is 5.26 Å². The summed E-state index contributed by atoms with van der Waals surface area (Å²) in [5.41, 5.74) is 2.28. The lowest BCUT2D eigenvalue weighted by Gasteiger charge is -2.08. The van der Waals surface area contributed by atoms with Crippen LogP contribution in [0.25, 0.3) is 0 Å². The van der Waals surface area contributed by atoms with E-state index in [0.29, 0.717) is 21.6 Å². The van der Waals surface area contributed by atoms with Gasteiger partial charge in [-0.05, 0) is 51.8 Å². The Labute approximate surface area is 124 Å². The molecule has 0 aromatic heterocycles. The molecule has 0 spiro atoms. The summed E-state index contributed by atoms with van der Waals surface area (Å²) in [5, 5.41) is 22.0. The van der Waals surface area contributed by atoms with Gasteiger partial charge in [0.2, 0.25) is 0 Å². The predicted octanol–water partition coefficient (Wildman–Crippen LogP) is 4.29. The summed E-state index contributed by atoms with van der Waals surface area (Å²) in [6, 6.07) is 12.5. The molecule has 2 N–H and O–H groups in total. The van der Waals surface area contributed by atoms with Gasteiger partial charge >= 0.3 is 0 Å². The Morgan fingerprint density at radius 3 is 2.74 bits per heavy atom. The van der Waals surface area contributed by atoms with Crippen LogP contribution >= 0.6 is 27.5 Å². The number of anilines is 1. The van der Waals surface area contributed by atoms with E-state index in [1.165, 1.54) is 0 Å². The van der Waals surface area contributed by atoms with Crippen LogP contribution in [0.15, 0.2) is 40.9 Å². The smallest absolute Gasteiger partial charge is 0.129 e. The van der Waals surface area contributed by atoms with E-state index in [-0.39, 0.29) is 5.75 Å². The molecule has 0 fully saturated rings. The summed E-state index contributed by atoms with van der Waals surface area (Å²) in [4.78, 5) is 0. The Hall–Kier alpha value is -1.70. The van der Waals surface area contributed by atoms with Crippen molar-refractivity contribution in [3.05, 3.63) is 57.0 Å². The monoisotopic (exact) mass is 336 g/mol. The van der Waals surface area contributed by atoms with E-state index in [1.807, 2.05) is 24.3 Å². The lowest BCUT2D eigenvalue weighted by atomic mass is 10.2. The van der Waals surface area contributed by atoms with Crippen LogP contribution in [0.5, 0.6) is 5.75 Å². The second-order valence-corrected chi connectivity index (χ2v) is 5.21. The predicted molar refractivity (Wildman–Crippen MR) is 79.3 cm³/mol. The first kappa shape index (κ1) is 13.7. The highest BCUT2D eigenvalue weighted by Gasteiger charge is 2.02. The molecular weight excluding hydrogens is 328 g/mol. The molecule has 0 aliphatic rings. The molecule has 0 amide bonds. The molecular formula is C14H10BrClN2O. The average molecular weight is 338 g/mol. The molecule has 19 heavy (non-hydrogen) atoms. The summed E-state index contributed by atoms with van der Waals surface area (Å²) in [6.07, 6.45) is 0. The number of phenolic OH excluding ortho intramolecular Hbond substituents is 1. The Morgan fingerprint density at radius 2 is 2.05 bits per heavy atom. The second-order valence-electron chi connectivity index (χ2n) is 3.95. The second kappa shape index (κ2) is 5.96. The molecule has 0 saturated heterocycles. The van der Waals surface area contributed by atoms with Gasteiger partial charge in [0.25, 0.3) is 0 Å². The summed E-state index contributed by atoms with van der Waals surface area (Å²) in [7, 11) is 0. The summed E-state index contributed by atoms with van der Waals surface area (Å²) < 4.78 is 0.653. The van der Waals surface area contributed by atoms with Crippen LogP contribution in [0.3, 0.4) is 0 Å². The number of aromatic hydroxyl groups is 1. The minimum Gasteiger partial charge on any atom is -0.507 e. The SMILES string of the molecule is N#Cc1cc(NCc2ccc(O)c(Br)c2)ccc1Cl. The van der Waals surface area contributed by atoms with Gasteiger partial charge in [0.05, 0.1) is 15.1 Å². The fourth-order valence-corrected chi connectivity index (χ4v) is 2.17. The molecule has 0 radical (unpaired) electrons. The highest BCUT2D eigenvalue weighted by atomic mass is 79.9. The van der Waals surface area contributed by atoms with Crippen LogP contribution in [0, 0.1) is 11.3 Å². The molecule has 0 bridgehead atoms. The first-order chi connectivity index (χ1) is 9.10. The van der Waals surface area contributed by atoms with Crippen molar-refractivity contribution in [2.45, 2.75) is 6.54 Å². The zero-order chi connectivity index (χ0) is 13.8.